The van der Waals surface area contributed by atoms with E-state index in [9.17, 15) is 9.59 Å². The average molecular weight is 481 g/mol. The Morgan fingerprint density at radius 1 is 1.03 bits per heavy atom. The van der Waals surface area contributed by atoms with E-state index in [-0.39, 0.29) is 24.4 Å². The molecule has 0 aromatic heterocycles. The molecular weight excluding hydrogens is 451 g/mol. The van der Waals surface area contributed by atoms with Gasteiger partial charge in [0.25, 0.3) is 0 Å². The van der Waals surface area contributed by atoms with Crippen LogP contribution in [-0.2, 0) is 21.9 Å². The van der Waals surface area contributed by atoms with Gasteiger partial charge in [-0.15, -0.1) is 0 Å². The predicted octanol–water partition coefficient (Wildman–Crippen LogP) is 5.95. The van der Waals surface area contributed by atoms with Gasteiger partial charge in [0.1, 0.15) is 6.04 Å². The Morgan fingerprint density at radius 2 is 1.68 bits per heavy atom. The van der Waals surface area contributed by atoms with E-state index in [1.54, 1.807) is 41.8 Å². The van der Waals surface area contributed by atoms with E-state index in [2.05, 4.69) is 17.4 Å². The standard InChI is InChI=1S/C24H30Cl2N2O2S/c1-4-17(2)27-24(30)18(3)28(15-20-21(25)11-8-12-22(20)26)23(29)13-14-31-16-19-9-6-5-7-10-19/h5-12,17-18H,4,13-16H2,1-3H3,(H,27,30)/t17-,18-/m1/s1. The highest BCUT2D eigenvalue weighted by Gasteiger charge is 2.27. The zero-order valence-electron chi connectivity index (χ0n) is 18.2. The first-order valence-electron chi connectivity index (χ1n) is 10.5. The van der Waals surface area contributed by atoms with Crippen molar-refractivity contribution in [3.63, 3.8) is 0 Å². The minimum absolute atomic E-state index is 0.0391. The Morgan fingerprint density at radius 3 is 2.29 bits per heavy atom. The lowest BCUT2D eigenvalue weighted by atomic mass is 10.1. The summed E-state index contributed by atoms with van der Waals surface area (Å²) in [5.41, 5.74) is 1.88. The fourth-order valence-electron chi connectivity index (χ4n) is 2.97. The number of hydrogen-bond acceptors (Lipinski definition) is 3. The number of benzene rings is 2. The minimum Gasteiger partial charge on any atom is -0.352 e. The van der Waals surface area contributed by atoms with Crippen molar-refractivity contribution in [2.45, 2.75) is 58.0 Å². The second-order valence-electron chi connectivity index (χ2n) is 7.50. The fourth-order valence-corrected chi connectivity index (χ4v) is 4.38. The van der Waals surface area contributed by atoms with Crippen LogP contribution < -0.4 is 5.32 Å². The SMILES string of the molecule is CC[C@@H](C)NC(=O)[C@@H](C)N(Cc1c(Cl)cccc1Cl)C(=O)CCSCc1ccccc1. The number of rotatable bonds is 11. The van der Waals surface area contributed by atoms with Gasteiger partial charge in [0.05, 0.1) is 0 Å². The molecule has 0 bridgehead atoms. The number of amides is 2. The van der Waals surface area contributed by atoms with Crippen LogP contribution in [0.2, 0.25) is 10.0 Å². The number of thioether (sulfide) groups is 1. The van der Waals surface area contributed by atoms with E-state index < -0.39 is 6.04 Å². The highest BCUT2D eigenvalue weighted by atomic mass is 35.5. The van der Waals surface area contributed by atoms with Crippen LogP contribution >= 0.6 is 35.0 Å². The number of carbonyl (C=O) groups excluding carboxylic acids is 2. The van der Waals surface area contributed by atoms with Crippen molar-refractivity contribution in [3.05, 3.63) is 69.7 Å². The molecule has 0 saturated carbocycles. The van der Waals surface area contributed by atoms with E-state index in [1.807, 2.05) is 32.0 Å². The third kappa shape index (κ3) is 8.06. The highest BCUT2D eigenvalue weighted by molar-refractivity contribution is 7.98. The Kier molecular flexibility index (Phi) is 10.7. The maximum Gasteiger partial charge on any atom is 0.242 e. The van der Waals surface area contributed by atoms with Gasteiger partial charge in [0, 0.05) is 46.1 Å². The first kappa shape index (κ1) is 25.6. The first-order chi connectivity index (χ1) is 14.8. The van der Waals surface area contributed by atoms with Crippen LogP contribution in [-0.4, -0.2) is 34.6 Å². The summed E-state index contributed by atoms with van der Waals surface area (Å²) in [7, 11) is 0. The Labute approximate surface area is 199 Å². The molecule has 168 valence electrons. The molecule has 31 heavy (non-hydrogen) atoms. The van der Waals surface area contributed by atoms with Crippen molar-refractivity contribution in [2.75, 3.05) is 5.75 Å². The number of hydrogen-bond donors (Lipinski definition) is 1. The van der Waals surface area contributed by atoms with E-state index in [0.717, 1.165) is 12.2 Å². The lowest BCUT2D eigenvalue weighted by molar-refractivity contribution is -0.140. The second kappa shape index (κ2) is 13.0. The van der Waals surface area contributed by atoms with Crippen LogP contribution in [0.5, 0.6) is 0 Å². The molecule has 0 fully saturated rings. The Hall–Kier alpha value is -1.69. The summed E-state index contributed by atoms with van der Waals surface area (Å²) in [4.78, 5) is 27.5. The molecule has 0 heterocycles. The van der Waals surface area contributed by atoms with Crippen molar-refractivity contribution in [1.29, 1.82) is 0 Å². The van der Waals surface area contributed by atoms with Crippen molar-refractivity contribution < 1.29 is 9.59 Å². The molecule has 4 nitrogen and oxygen atoms in total. The third-order valence-electron chi connectivity index (χ3n) is 5.13. The summed E-state index contributed by atoms with van der Waals surface area (Å²) in [5, 5.41) is 3.93. The predicted molar refractivity (Wildman–Crippen MR) is 132 cm³/mol. The maximum atomic E-state index is 13.1. The molecule has 0 aliphatic heterocycles. The van der Waals surface area contributed by atoms with Crippen molar-refractivity contribution in [3.8, 4) is 0 Å². The summed E-state index contributed by atoms with van der Waals surface area (Å²) >= 11 is 14.4. The van der Waals surface area contributed by atoms with Gasteiger partial charge in [-0.25, -0.2) is 0 Å². The first-order valence-corrected chi connectivity index (χ1v) is 12.4. The summed E-state index contributed by atoms with van der Waals surface area (Å²) in [6, 6.07) is 14.8. The van der Waals surface area contributed by atoms with E-state index in [1.165, 1.54) is 5.56 Å². The number of halogens is 2. The van der Waals surface area contributed by atoms with Crippen LogP contribution in [0.4, 0.5) is 0 Å². The lowest BCUT2D eigenvalue weighted by Gasteiger charge is -2.30. The minimum atomic E-state index is -0.632. The zero-order chi connectivity index (χ0) is 22.8. The third-order valence-corrected chi connectivity index (χ3v) is 6.87. The molecule has 0 unspecified atom stereocenters. The van der Waals surface area contributed by atoms with Crippen LogP contribution in [0.3, 0.4) is 0 Å². The van der Waals surface area contributed by atoms with Gasteiger partial charge >= 0.3 is 0 Å². The lowest BCUT2D eigenvalue weighted by Crippen LogP contribution is -2.49. The summed E-state index contributed by atoms with van der Waals surface area (Å²) in [6.07, 6.45) is 1.15. The number of nitrogens with zero attached hydrogens (tertiary/aromatic N) is 1. The molecule has 1 N–H and O–H groups in total. The average Bonchev–Trinajstić information content (AvgIpc) is 2.76. The largest absolute Gasteiger partial charge is 0.352 e. The van der Waals surface area contributed by atoms with E-state index in [4.69, 9.17) is 23.2 Å². The topological polar surface area (TPSA) is 49.4 Å². The number of nitrogens with one attached hydrogen (secondary N) is 1. The monoisotopic (exact) mass is 480 g/mol. The molecule has 2 aromatic carbocycles. The van der Waals surface area contributed by atoms with Crippen molar-refractivity contribution >= 4 is 46.8 Å². The molecule has 0 spiro atoms. The van der Waals surface area contributed by atoms with Gasteiger partial charge in [0.2, 0.25) is 11.8 Å². The van der Waals surface area contributed by atoms with Crippen LogP contribution in [0.25, 0.3) is 0 Å². The van der Waals surface area contributed by atoms with Crippen molar-refractivity contribution in [1.82, 2.24) is 10.2 Å². The Balaban J connectivity index is 2.08. The molecule has 0 saturated heterocycles. The molecule has 2 rings (SSSR count). The van der Waals surface area contributed by atoms with E-state index >= 15 is 0 Å². The molecule has 0 aliphatic carbocycles. The van der Waals surface area contributed by atoms with Gasteiger partial charge in [-0.1, -0.05) is 66.5 Å². The fraction of sp³-hybridized carbons (Fsp3) is 0.417. The van der Waals surface area contributed by atoms with Crippen LogP contribution in [0.1, 0.15) is 44.7 Å². The van der Waals surface area contributed by atoms with Gasteiger partial charge in [-0.2, -0.15) is 11.8 Å². The quantitative estimate of drug-likeness (QED) is 0.404. The van der Waals surface area contributed by atoms with Gasteiger partial charge in [-0.05, 0) is 38.0 Å². The molecule has 7 heteroatoms. The Bertz CT molecular complexity index is 844. The molecule has 0 aliphatic rings. The van der Waals surface area contributed by atoms with Crippen LogP contribution in [0, 0.1) is 0 Å². The molecule has 2 aromatic rings. The zero-order valence-corrected chi connectivity index (χ0v) is 20.6. The smallest absolute Gasteiger partial charge is 0.242 e. The maximum absolute atomic E-state index is 13.1. The second-order valence-corrected chi connectivity index (χ2v) is 9.42. The molecule has 2 atom stereocenters. The van der Waals surface area contributed by atoms with Gasteiger partial charge < -0.3 is 10.2 Å². The van der Waals surface area contributed by atoms with Gasteiger partial charge in [-0.3, -0.25) is 9.59 Å². The van der Waals surface area contributed by atoms with Crippen LogP contribution in [0.15, 0.2) is 48.5 Å². The molecular formula is C24H30Cl2N2O2S. The van der Waals surface area contributed by atoms with E-state index in [0.29, 0.717) is 27.8 Å². The highest BCUT2D eigenvalue weighted by Crippen LogP contribution is 2.27. The molecule has 0 radical (unpaired) electrons. The normalized spacial score (nSPS) is 12.8. The summed E-state index contributed by atoms with van der Waals surface area (Å²) in [5.74, 6) is 1.24. The van der Waals surface area contributed by atoms with Crippen molar-refractivity contribution in [2.24, 2.45) is 0 Å². The summed E-state index contributed by atoms with van der Waals surface area (Å²) < 4.78 is 0. The number of carbonyl (C=O) groups is 2. The summed E-state index contributed by atoms with van der Waals surface area (Å²) in [6.45, 7) is 5.89. The van der Waals surface area contributed by atoms with Gasteiger partial charge in [0.15, 0.2) is 0 Å². The molecule has 2 amide bonds.